The van der Waals surface area contributed by atoms with Gasteiger partial charge in [0.2, 0.25) is 0 Å². The van der Waals surface area contributed by atoms with Crippen molar-refractivity contribution < 1.29 is 14.3 Å². The van der Waals surface area contributed by atoms with Crippen LogP contribution < -0.4 is 11.1 Å². The van der Waals surface area contributed by atoms with Gasteiger partial charge >= 0.3 is 5.97 Å². The monoisotopic (exact) mass is 327 g/mol. The molecule has 1 fully saturated rings. The van der Waals surface area contributed by atoms with Crippen LogP contribution in [0.1, 0.15) is 23.2 Å². The first-order valence-electron chi connectivity index (χ1n) is 5.76. The maximum absolute atomic E-state index is 12.0. The summed E-state index contributed by atoms with van der Waals surface area (Å²) >= 11 is 3.17. The lowest BCUT2D eigenvalue weighted by Gasteiger charge is -2.13. The SMILES string of the molecule is COC(=O)C1(CNC(=O)c2cc(N)nc(Br)c2)CC1. The van der Waals surface area contributed by atoms with Gasteiger partial charge in [-0.1, -0.05) is 0 Å². The Labute approximate surface area is 118 Å². The summed E-state index contributed by atoms with van der Waals surface area (Å²) in [4.78, 5) is 27.4. The smallest absolute Gasteiger partial charge is 0.313 e. The van der Waals surface area contributed by atoms with Gasteiger partial charge in [0.1, 0.15) is 10.4 Å². The third-order valence-electron chi connectivity index (χ3n) is 3.14. The van der Waals surface area contributed by atoms with Gasteiger partial charge in [-0.2, -0.15) is 0 Å². The molecule has 0 aromatic carbocycles. The van der Waals surface area contributed by atoms with Gasteiger partial charge in [0, 0.05) is 12.1 Å². The summed E-state index contributed by atoms with van der Waals surface area (Å²) in [6.45, 7) is 0.276. The van der Waals surface area contributed by atoms with E-state index in [1.54, 1.807) is 6.07 Å². The molecule has 0 atom stereocenters. The van der Waals surface area contributed by atoms with Crippen molar-refractivity contribution in [1.29, 1.82) is 0 Å². The van der Waals surface area contributed by atoms with E-state index >= 15 is 0 Å². The topological polar surface area (TPSA) is 94.3 Å². The number of nitrogens with zero attached hydrogens (tertiary/aromatic N) is 1. The molecular weight excluding hydrogens is 314 g/mol. The second-order valence-corrected chi connectivity index (χ2v) is 5.37. The number of nitrogens with one attached hydrogen (secondary N) is 1. The summed E-state index contributed by atoms with van der Waals surface area (Å²) in [5.41, 5.74) is 5.43. The summed E-state index contributed by atoms with van der Waals surface area (Å²) in [6.07, 6.45) is 1.48. The van der Waals surface area contributed by atoms with Crippen molar-refractivity contribution in [3.05, 3.63) is 22.3 Å². The zero-order valence-corrected chi connectivity index (χ0v) is 12.0. The van der Waals surface area contributed by atoms with Crippen molar-refractivity contribution in [1.82, 2.24) is 10.3 Å². The van der Waals surface area contributed by atoms with Gasteiger partial charge in [-0.15, -0.1) is 0 Å². The molecule has 0 aliphatic heterocycles. The maximum atomic E-state index is 12.0. The molecule has 0 spiro atoms. The summed E-state index contributed by atoms with van der Waals surface area (Å²) in [5, 5.41) is 2.73. The predicted octanol–water partition coefficient (Wildman–Crippen LogP) is 1.11. The molecule has 1 saturated carbocycles. The molecule has 0 radical (unpaired) electrons. The van der Waals surface area contributed by atoms with Crippen molar-refractivity contribution in [2.75, 3.05) is 19.4 Å². The Morgan fingerprint density at radius 2 is 2.21 bits per heavy atom. The van der Waals surface area contributed by atoms with E-state index in [-0.39, 0.29) is 24.2 Å². The molecule has 0 unspecified atom stereocenters. The molecule has 1 aliphatic rings. The van der Waals surface area contributed by atoms with E-state index in [4.69, 9.17) is 10.5 Å². The minimum absolute atomic E-state index is 0.258. The Morgan fingerprint density at radius 1 is 1.53 bits per heavy atom. The minimum Gasteiger partial charge on any atom is -0.469 e. The number of ether oxygens (including phenoxy) is 1. The zero-order valence-electron chi connectivity index (χ0n) is 10.4. The van der Waals surface area contributed by atoms with E-state index in [1.165, 1.54) is 13.2 Å². The number of methoxy groups -OCH3 is 1. The number of anilines is 1. The fourth-order valence-electron chi connectivity index (χ4n) is 1.82. The third-order valence-corrected chi connectivity index (χ3v) is 3.54. The lowest BCUT2D eigenvalue weighted by molar-refractivity contribution is -0.146. The molecule has 1 aromatic rings. The lowest BCUT2D eigenvalue weighted by Crippen LogP contribution is -2.34. The highest BCUT2D eigenvalue weighted by atomic mass is 79.9. The lowest BCUT2D eigenvalue weighted by atomic mass is 10.1. The van der Waals surface area contributed by atoms with Crippen molar-refractivity contribution in [3.63, 3.8) is 0 Å². The van der Waals surface area contributed by atoms with Crippen LogP contribution in [-0.4, -0.2) is 30.5 Å². The van der Waals surface area contributed by atoms with Gasteiger partial charge in [-0.25, -0.2) is 4.98 Å². The number of carbonyl (C=O) groups excluding carboxylic acids is 2. The first-order valence-corrected chi connectivity index (χ1v) is 6.56. The molecule has 1 aromatic heterocycles. The van der Waals surface area contributed by atoms with E-state index in [1.807, 2.05) is 0 Å². The summed E-state index contributed by atoms with van der Waals surface area (Å²) in [5.74, 6) is -0.304. The standard InChI is InChI=1S/C12H14BrN3O3/c1-19-11(18)12(2-3-12)6-15-10(17)7-4-8(13)16-9(14)5-7/h4-5H,2-3,6H2,1H3,(H2,14,16)(H,15,17). The molecule has 3 N–H and O–H groups in total. The highest BCUT2D eigenvalue weighted by Crippen LogP contribution is 2.46. The number of esters is 1. The number of hydrogen-bond acceptors (Lipinski definition) is 5. The number of pyridine rings is 1. The van der Waals surface area contributed by atoms with E-state index in [2.05, 4.69) is 26.2 Å². The molecule has 0 saturated heterocycles. The van der Waals surface area contributed by atoms with E-state index in [9.17, 15) is 9.59 Å². The van der Waals surface area contributed by atoms with Gasteiger partial charge in [0.25, 0.3) is 5.91 Å². The fraction of sp³-hybridized carbons (Fsp3) is 0.417. The molecule has 6 nitrogen and oxygen atoms in total. The van der Waals surface area contributed by atoms with Crippen LogP contribution in [0.15, 0.2) is 16.7 Å². The van der Waals surface area contributed by atoms with Crippen LogP contribution in [0.25, 0.3) is 0 Å². The predicted molar refractivity (Wildman–Crippen MR) is 72.4 cm³/mol. The molecule has 7 heteroatoms. The quantitative estimate of drug-likeness (QED) is 0.638. The number of aromatic nitrogens is 1. The molecule has 2 rings (SSSR count). The number of halogens is 1. The van der Waals surface area contributed by atoms with Crippen LogP contribution in [-0.2, 0) is 9.53 Å². The van der Waals surface area contributed by atoms with Gasteiger partial charge < -0.3 is 15.8 Å². The average Bonchev–Trinajstić information content (AvgIpc) is 3.15. The number of nitrogens with two attached hydrogens (primary N) is 1. The Kier molecular flexibility index (Phi) is 3.75. The highest BCUT2D eigenvalue weighted by Gasteiger charge is 2.51. The van der Waals surface area contributed by atoms with E-state index in [0.717, 1.165) is 12.8 Å². The van der Waals surface area contributed by atoms with Crippen LogP contribution in [0.5, 0.6) is 0 Å². The van der Waals surface area contributed by atoms with E-state index in [0.29, 0.717) is 10.2 Å². The third kappa shape index (κ3) is 3.04. The Morgan fingerprint density at radius 3 is 2.74 bits per heavy atom. The molecule has 0 bridgehead atoms. The van der Waals surface area contributed by atoms with Gasteiger partial charge in [-0.05, 0) is 40.9 Å². The minimum atomic E-state index is -0.541. The normalized spacial score (nSPS) is 15.7. The molecule has 19 heavy (non-hydrogen) atoms. The fourth-order valence-corrected chi connectivity index (χ4v) is 2.27. The van der Waals surface area contributed by atoms with Gasteiger partial charge in [-0.3, -0.25) is 9.59 Å². The first-order chi connectivity index (χ1) is 8.97. The van der Waals surface area contributed by atoms with Gasteiger partial charge in [0.05, 0.1) is 12.5 Å². The second kappa shape index (κ2) is 5.16. The number of amides is 1. The maximum Gasteiger partial charge on any atom is 0.313 e. The Hall–Kier alpha value is -1.63. The van der Waals surface area contributed by atoms with Crippen molar-refractivity contribution in [3.8, 4) is 0 Å². The number of nitrogen functional groups attached to an aromatic ring is 1. The second-order valence-electron chi connectivity index (χ2n) is 4.56. The Balaban J connectivity index is 2.00. The zero-order chi connectivity index (χ0) is 14.0. The van der Waals surface area contributed by atoms with E-state index < -0.39 is 5.41 Å². The number of rotatable bonds is 4. The molecule has 102 valence electrons. The molecule has 1 heterocycles. The molecular formula is C12H14BrN3O3. The van der Waals surface area contributed by atoms with Crippen LogP contribution in [0, 0.1) is 5.41 Å². The molecule has 1 aliphatic carbocycles. The molecule has 1 amide bonds. The highest BCUT2D eigenvalue weighted by molar-refractivity contribution is 9.10. The van der Waals surface area contributed by atoms with Crippen molar-refractivity contribution in [2.45, 2.75) is 12.8 Å². The number of hydrogen-bond donors (Lipinski definition) is 2. The van der Waals surface area contributed by atoms with Crippen molar-refractivity contribution >= 4 is 33.6 Å². The van der Waals surface area contributed by atoms with Crippen LogP contribution in [0.4, 0.5) is 5.82 Å². The van der Waals surface area contributed by atoms with Crippen LogP contribution in [0.3, 0.4) is 0 Å². The van der Waals surface area contributed by atoms with Crippen molar-refractivity contribution in [2.24, 2.45) is 5.41 Å². The average molecular weight is 328 g/mol. The summed E-state index contributed by atoms with van der Waals surface area (Å²) < 4.78 is 5.22. The summed E-state index contributed by atoms with van der Waals surface area (Å²) in [6, 6.07) is 3.06. The number of carbonyl (C=O) groups is 2. The Bertz CT molecular complexity index is 509. The summed E-state index contributed by atoms with van der Waals surface area (Å²) in [7, 11) is 1.35. The van der Waals surface area contributed by atoms with Gasteiger partial charge in [0.15, 0.2) is 0 Å². The largest absolute Gasteiger partial charge is 0.469 e. The van der Waals surface area contributed by atoms with Crippen LogP contribution >= 0.6 is 15.9 Å². The van der Waals surface area contributed by atoms with Crippen LogP contribution in [0.2, 0.25) is 0 Å². The first kappa shape index (κ1) is 13.8.